The average molecular weight is 293 g/mol. The van der Waals surface area contributed by atoms with Crippen LogP contribution < -0.4 is 0 Å². The molecule has 0 radical (unpaired) electrons. The number of hydrogen-bond donors (Lipinski definition) is 1. The summed E-state index contributed by atoms with van der Waals surface area (Å²) in [6.07, 6.45) is 3.06. The van der Waals surface area contributed by atoms with Gasteiger partial charge < -0.3 is 10.0 Å². The second-order valence-corrected chi connectivity index (χ2v) is 5.21. The minimum absolute atomic E-state index is 0.170. The van der Waals surface area contributed by atoms with Gasteiger partial charge in [-0.15, -0.1) is 0 Å². The molecule has 110 valence electrons. The van der Waals surface area contributed by atoms with Crippen molar-refractivity contribution in [3.63, 3.8) is 0 Å². The zero-order valence-electron chi connectivity index (χ0n) is 11.8. The van der Waals surface area contributed by atoms with Crippen molar-refractivity contribution in [1.29, 1.82) is 5.26 Å². The number of amides is 1. The van der Waals surface area contributed by atoms with Crippen LogP contribution in [0.25, 0.3) is 0 Å². The first-order valence-corrected chi connectivity index (χ1v) is 7.06. The highest BCUT2D eigenvalue weighted by molar-refractivity contribution is 5.95. The molecule has 3 atom stereocenters. The number of likely N-dealkylation sites (tertiary alicyclic amines) is 1. The molecule has 1 N–H and O–H groups in total. The van der Waals surface area contributed by atoms with Crippen LogP contribution in [-0.2, 0) is 0 Å². The molecule has 0 bridgehead atoms. The summed E-state index contributed by atoms with van der Waals surface area (Å²) in [4.78, 5) is 18.0. The molecule has 1 aliphatic rings. The van der Waals surface area contributed by atoms with E-state index in [9.17, 15) is 15.2 Å². The summed E-state index contributed by atoms with van der Waals surface area (Å²) in [5, 5.41) is 19.1. The number of hydrogen-bond acceptors (Lipinski definition) is 4. The van der Waals surface area contributed by atoms with E-state index in [-0.39, 0.29) is 24.5 Å². The highest BCUT2D eigenvalue weighted by Gasteiger charge is 2.51. The predicted octanol–water partition coefficient (Wildman–Crippen LogP) is 1.57. The summed E-state index contributed by atoms with van der Waals surface area (Å²) in [5.74, 6) is -0.442. The van der Waals surface area contributed by atoms with Crippen molar-refractivity contribution in [2.24, 2.45) is 0 Å². The number of carbonyl (C=O) groups is 1. The predicted molar refractivity (Wildman–Crippen MR) is 79.9 cm³/mol. The van der Waals surface area contributed by atoms with Gasteiger partial charge in [0.25, 0.3) is 5.91 Å². The van der Waals surface area contributed by atoms with E-state index in [1.54, 1.807) is 18.3 Å². The fourth-order valence-corrected chi connectivity index (χ4v) is 3.00. The third kappa shape index (κ3) is 2.24. The third-order valence-electron chi connectivity index (χ3n) is 4.06. The van der Waals surface area contributed by atoms with E-state index in [4.69, 9.17) is 0 Å². The Hall–Kier alpha value is -2.71. The molecule has 1 amide bonds. The highest BCUT2D eigenvalue weighted by Crippen LogP contribution is 2.41. The van der Waals surface area contributed by atoms with Gasteiger partial charge in [-0.25, -0.2) is 0 Å². The van der Waals surface area contributed by atoms with Crippen LogP contribution in [0.1, 0.15) is 21.8 Å². The highest BCUT2D eigenvalue weighted by atomic mass is 16.3. The van der Waals surface area contributed by atoms with Crippen LogP contribution in [0.5, 0.6) is 0 Å². The van der Waals surface area contributed by atoms with Crippen LogP contribution in [0.3, 0.4) is 0 Å². The molecule has 0 saturated carbocycles. The van der Waals surface area contributed by atoms with Gasteiger partial charge in [0.15, 0.2) is 0 Å². The van der Waals surface area contributed by atoms with Gasteiger partial charge in [0, 0.05) is 18.3 Å². The molecule has 0 unspecified atom stereocenters. The molecule has 5 heteroatoms. The lowest BCUT2D eigenvalue weighted by atomic mass is 9.75. The number of carbonyl (C=O) groups excluding carboxylic acids is 1. The Labute approximate surface area is 128 Å². The second kappa shape index (κ2) is 5.96. The lowest BCUT2D eigenvalue weighted by Gasteiger charge is -2.51. The van der Waals surface area contributed by atoms with Crippen LogP contribution in [0.4, 0.5) is 0 Å². The van der Waals surface area contributed by atoms with Crippen molar-refractivity contribution < 1.29 is 9.90 Å². The molecule has 0 spiro atoms. The first-order valence-electron chi connectivity index (χ1n) is 7.06. The number of rotatable bonds is 3. The van der Waals surface area contributed by atoms with Gasteiger partial charge in [-0.2, -0.15) is 5.26 Å². The molecule has 1 aromatic heterocycles. The standard InChI is InChI=1S/C17H15N3O2/c18-9-14-16(12-5-2-1-3-6-12)15(11-21)20(14)17(22)13-7-4-8-19-10-13/h1-8,10,14-16,21H,11H2/t14-,15-,16-/m1/s1. The van der Waals surface area contributed by atoms with Crippen molar-refractivity contribution in [3.8, 4) is 6.07 Å². The first-order chi connectivity index (χ1) is 10.8. The fraction of sp³-hybridized carbons (Fsp3) is 0.235. The van der Waals surface area contributed by atoms with Crippen molar-refractivity contribution in [2.75, 3.05) is 6.61 Å². The molecular weight excluding hydrogens is 278 g/mol. The summed E-state index contributed by atoms with van der Waals surface area (Å²) in [5.41, 5.74) is 1.39. The van der Waals surface area contributed by atoms with E-state index in [2.05, 4.69) is 11.1 Å². The smallest absolute Gasteiger partial charge is 0.256 e. The normalized spacial score (nSPS) is 23.5. The fourth-order valence-electron chi connectivity index (χ4n) is 3.00. The maximum absolute atomic E-state index is 12.6. The number of pyridine rings is 1. The van der Waals surface area contributed by atoms with E-state index in [1.165, 1.54) is 11.1 Å². The van der Waals surface area contributed by atoms with Crippen molar-refractivity contribution in [3.05, 3.63) is 66.0 Å². The summed E-state index contributed by atoms with van der Waals surface area (Å²) in [6.45, 7) is -0.177. The lowest BCUT2D eigenvalue weighted by molar-refractivity contribution is -0.00588. The van der Waals surface area contributed by atoms with Crippen LogP contribution in [-0.4, -0.2) is 39.6 Å². The maximum Gasteiger partial charge on any atom is 0.256 e. The maximum atomic E-state index is 12.6. The molecule has 2 aromatic rings. The summed E-state index contributed by atoms with van der Waals surface area (Å²) >= 11 is 0. The van der Waals surface area contributed by atoms with Crippen molar-refractivity contribution >= 4 is 5.91 Å². The van der Waals surface area contributed by atoms with E-state index in [0.717, 1.165) is 5.56 Å². The van der Waals surface area contributed by atoms with Gasteiger partial charge in [0.2, 0.25) is 0 Å². The molecule has 0 aliphatic carbocycles. The Kier molecular flexibility index (Phi) is 3.86. The molecule has 3 rings (SSSR count). The average Bonchev–Trinajstić information content (AvgIpc) is 2.56. The quantitative estimate of drug-likeness (QED) is 0.932. The zero-order valence-corrected chi connectivity index (χ0v) is 11.8. The molecule has 2 heterocycles. The monoisotopic (exact) mass is 293 g/mol. The third-order valence-corrected chi connectivity index (χ3v) is 4.06. The largest absolute Gasteiger partial charge is 0.394 e. The minimum Gasteiger partial charge on any atom is -0.394 e. The molecular formula is C17H15N3O2. The van der Waals surface area contributed by atoms with Crippen LogP contribution in [0.2, 0.25) is 0 Å². The minimum atomic E-state index is -0.577. The molecule has 1 fully saturated rings. The Morgan fingerprint density at radius 3 is 2.64 bits per heavy atom. The van der Waals surface area contributed by atoms with Crippen LogP contribution in [0.15, 0.2) is 54.9 Å². The van der Waals surface area contributed by atoms with Crippen LogP contribution in [0, 0.1) is 11.3 Å². The number of aromatic nitrogens is 1. The van der Waals surface area contributed by atoms with Gasteiger partial charge >= 0.3 is 0 Å². The number of nitrogens with zero attached hydrogens (tertiary/aromatic N) is 3. The first kappa shape index (κ1) is 14.2. The topological polar surface area (TPSA) is 77.2 Å². The summed E-state index contributed by atoms with van der Waals surface area (Å²) < 4.78 is 0. The molecule has 22 heavy (non-hydrogen) atoms. The van der Waals surface area contributed by atoms with E-state index >= 15 is 0 Å². The van der Waals surface area contributed by atoms with Gasteiger partial charge in [-0.05, 0) is 17.7 Å². The Morgan fingerprint density at radius 2 is 2.05 bits per heavy atom. The molecule has 1 aromatic carbocycles. The number of benzene rings is 1. The van der Waals surface area contributed by atoms with Crippen molar-refractivity contribution in [2.45, 2.75) is 18.0 Å². The van der Waals surface area contributed by atoms with Gasteiger partial charge in [-0.3, -0.25) is 9.78 Å². The number of nitriles is 1. The van der Waals surface area contributed by atoms with E-state index < -0.39 is 6.04 Å². The second-order valence-electron chi connectivity index (χ2n) is 5.21. The Balaban J connectivity index is 1.90. The molecule has 1 saturated heterocycles. The number of aliphatic hydroxyl groups excluding tert-OH is 1. The molecule has 5 nitrogen and oxygen atoms in total. The Bertz CT molecular complexity index is 697. The SMILES string of the molecule is N#C[C@@H]1[C@@H](c2ccccc2)[C@@H](CO)N1C(=O)c1cccnc1. The molecule has 1 aliphatic heterocycles. The van der Waals surface area contributed by atoms with Gasteiger partial charge in [0.1, 0.15) is 6.04 Å². The number of aliphatic hydroxyl groups is 1. The lowest BCUT2D eigenvalue weighted by Crippen LogP contribution is -2.65. The van der Waals surface area contributed by atoms with Gasteiger partial charge in [0.05, 0.1) is 24.3 Å². The Morgan fingerprint density at radius 1 is 1.27 bits per heavy atom. The summed E-state index contributed by atoms with van der Waals surface area (Å²) in [7, 11) is 0. The van der Waals surface area contributed by atoms with E-state index in [0.29, 0.717) is 5.56 Å². The van der Waals surface area contributed by atoms with E-state index in [1.807, 2.05) is 30.3 Å². The zero-order chi connectivity index (χ0) is 15.5. The van der Waals surface area contributed by atoms with Crippen molar-refractivity contribution in [1.82, 2.24) is 9.88 Å². The van der Waals surface area contributed by atoms with Gasteiger partial charge in [-0.1, -0.05) is 30.3 Å². The van der Waals surface area contributed by atoms with Crippen LogP contribution >= 0.6 is 0 Å². The summed E-state index contributed by atoms with van der Waals surface area (Å²) in [6, 6.07) is 14.1.